The molecule has 28 heavy (non-hydrogen) atoms. The van der Waals surface area contributed by atoms with Gasteiger partial charge >= 0.3 is 0 Å². The van der Waals surface area contributed by atoms with E-state index in [1.807, 2.05) is 17.0 Å². The van der Waals surface area contributed by atoms with Gasteiger partial charge in [-0.2, -0.15) is 0 Å². The Bertz CT molecular complexity index is 811. The fourth-order valence-electron chi connectivity index (χ4n) is 3.75. The maximum Gasteiger partial charge on any atom is 0.225 e. The van der Waals surface area contributed by atoms with Crippen molar-refractivity contribution in [2.75, 3.05) is 31.6 Å². The average Bonchev–Trinajstić information content (AvgIpc) is 3.41. The number of halogens is 1. The van der Waals surface area contributed by atoms with Crippen molar-refractivity contribution >= 4 is 34.8 Å². The van der Waals surface area contributed by atoms with E-state index < -0.39 is 0 Å². The molecule has 8 heteroatoms. The zero-order chi connectivity index (χ0) is 18.8. The van der Waals surface area contributed by atoms with Crippen LogP contribution in [0.4, 0.5) is 5.13 Å². The van der Waals surface area contributed by atoms with Gasteiger partial charge in [0.2, 0.25) is 5.91 Å². The van der Waals surface area contributed by atoms with Crippen molar-refractivity contribution in [2.24, 2.45) is 0 Å². The number of aromatic nitrogens is 1. The molecule has 1 saturated heterocycles. The summed E-state index contributed by atoms with van der Waals surface area (Å²) in [5.41, 5.74) is 2.23. The minimum absolute atomic E-state index is 0. The summed E-state index contributed by atoms with van der Waals surface area (Å²) in [6.07, 6.45) is 2.17. The number of carbonyl (C=O) groups excluding carboxylic acids is 1. The average molecular weight is 423 g/mol. The van der Waals surface area contributed by atoms with Gasteiger partial charge < -0.3 is 10.1 Å². The van der Waals surface area contributed by atoms with E-state index in [0.29, 0.717) is 6.04 Å². The normalized spacial score (nSPS) is 19.7. The molecular formula is C20H27ClN4O2S. The summed E-state index contributed by atoms with van der Waals surface area (Å²) in [5, 5.41) is 6.42. The van der Waals surface area contributed by atoms with Crippen LogP contribution in [-0.2, 0) is 11.3 Å². The van der Waals surface area contributed by atoms with Crippen LogP contribution in [0.2, 0.25) is 0 Å². The Labute approximate surface area is 176 Å². The predicted octanol–water partition coefficient (Wildman–Crippen LogP) is 3.24. The molecular weight excluding hydrogens is 396 g/mol. The lowest BCUT2D eigenvalue weighted by molar-refractivity contribution is -0.116. The third-order valence-electron chi connectivity index (χ3n) is 5.21. The highest BCUT2D eigenvalue weighted by molar-refractivity contribution is 7.14. The molecule has 152 valence electrons. The monoisotopic (exact) mass is 422 g/mol. The van der Waals surface area contributed by atoms with E-state index in [4.69, 9.17) is 9.72 Å². The van der Waals surface area contributed by atoms with E-state index in [-0.39, 0.29) is 24.4 Å². The van der Waals surface area contributed by atoms with Crippen molar-refractivity contribution < 1.29 is 9.53 Å². The topological polar surface area (TPSA) is 57.7 Å². The summed E-state index contributed by atoms with van der Waals surface area (Å²) >= 11 is 1.57. The molecule has 1 unspecified atom stereocenters. The quantitative estimate of drug-likeness (QED) is 0.774. The van der Waals surface area contributed by atoms with Gasteiger partial charge in [0.25, 0.3) is 0 Å². The molecule has 2 heterocycles. The van der Waals surface area contributed by atoms with E-state index in [1.54, 1.807) is 25.4 Å². The van der Waals surface area contributed by atoms with Gasteiger partial charge in [-0.3, -0.25) is 14.6 Å². The molecule has 1 aromatic carbocycles. The molecule has 2 fully saturated rings. The van der Waals surface area contributed by atoms with Gasteiger partial charge in [-0.25, -0.2) is 4.98 Å². The zero-order valence-corrected chi connectivity index (χ0v) is 17.9. The predicted molar refractivity (Wildman–Crippen MR) is 115 cm³/mol. The second kappa shape index (κ2) is 9.22. The molecule has 0 bridgehead atoms. The highest BCUT2D eigenvalue weighted by Gasteiger charge is 2.34. The van der Waals surface area contributed by atoms with E-state index in [2.05, 4.69) is 27.7 Å². The molecule has 1 aliphatic carbocycles. The first-order valence-corrected chi connectivity index (χ1v) is 10.4. The highest BCUT2D eigenvalue weighted by Crippen LogP contribution is 2.35. The van der Waals surface area contributed by atoms with Gasteiger partial charge in [0, 0.05) is 50.1 Å². The van der Waals surface area contributed by atoms with E-state index in [1.165, 1.54) is 5.56 Å². The number of ether oxygens (including phenoxy) is 1. The number of para-hydroxylation sites is 1. The van der Waals surface area contributed by atoms with E-state index in [9.17, 15) is 4.79 Å². The molecule has 6 nitrogen and oxygen atoms in total. The second-order valence-corrected chi connectivity index (χ2v) is 8.01. The van der Waals surface area contributed by atoms with Crippen LogP contribution in [0, 0.1) is 0 Å². The number of anilines is 1. The molecule has 1 amide bonds. The molecule has 1 atom stereocenters. The van der Waals surface area contributed by atoms with Gasteiger partial charge in [-0.1, -0.05) is 18.2 Å². The molecule has 1 N–H and O–H groups in total. The summed E-state index contributed by atoms with van der Waals surface area (Å²) in [4.78, 5) is 21.1. The Hall–Kier alpha value is -1.67. The molecule has 2 aromatic rings. The van der Waals surface area contributed by atoms with Crippen molar-refractivity contribution in [1.29, 1.82) is 0 Å². The van der Waals surface area contributed by atoms with E-state index in [0.717, 1.165) is 55.6 Å². The number of thiazole rings is 1. The van der Waals surface area contributed by atoms with Crippen LogP contribution in [0.25, 0.3) is 0 Å². The number of hydrogen-bond donors (Lipinski definition) is 1. The molecule has 0 spiro atoms. The molecule has 1 aromatic heterocycles. The van der Waals surface area contributed by atoms with E-state index >= 15 is 0 Å². The lowest BCUT2D eigenvalue weighted by Crippen LogP contribution is -2.45. The Balaban J connectivity index is 0.00000225. The van der Waals surface area contributed by atoms with Gasteiger partial charge in [0.05, 0.1) is 18.8 Å². The maximum absolute atomic E-state index is 12.0. The summed E-state index contributed by atoms with van der Waals surface area (Å²) in [7, 11) is 1.72. The first-order valence-electron chi connectivity index (χ1n) is 9.49. The van der Waals surface area contributed by atoms with Crippen LogP contribution in [0.1, 0.15) is 37.1 Å². The smallest absolute Gasteiger partial charge is 0.225 e. The van der Waals surface area contributed by atoms with Crippen LogP contribution in [0.3, 0.4) is 0 Å². The largest absolute Gasteiger partial charge is 0.496 e. The fraction of sp³-hybridized carbons (Fsp3) is 0.500. The zero-order valence-electron chi connectivity index (χ0n) is 16.3. The Morgan fingerprint density at radius 1 is 1.39 bits per heavy atom. The Morgan fingerprint density at radius 2 is 2.18 bits per heavy atom. The number of piperazine rings is 1. The number of carbonyl (C=O) groups is 1. The molecule has 4 rings (SSSR count). The van der Waals surface area contributed by atoms with Crippen LogP contribution >= 0.6 is 23.7 Å². The number of nitrogens with one attached hydrogen (secondary N) is 1. The number of benzene rings is 1. The van der Waals surface area contributed by atoms with Crippen LogP contribution in [0.5, 0.6) is 5.75 Å². The Morgan fingerprint density at radius 3 is 2.89 bits per heavy atom. The lowest BCUT2D eigenvalue weighted by atomic mass is 10.0. The van der Waals surface area contributed by atoms with Crippen LogP contribution < -0.4 is 15.0 Å². The molecule has 2 aliphatic rings. The summed E-state index contributed by atoms with van der Waals surface area (Å²) in [6.45, 7) is 5.21. The van der Waals surface area contributed by atoms with Crippen molar-refractivity contribution in [3.63, 3.8) is 0 Å². The molecule has 0 radical (unpaired) electrons. The van der Waals surface area contributed by atoms with Crippen LogP contribution in [0.15, 0.2) is 29.6 Å². The first kappa shape index (κ1) is 21.0. The fourth-order valence-corrected chi connectivity index (χ4v) is 4.68. The van der Waals surface area contributed by atoms with Crippen molar-refractivity contribution in [1.82, 2.24) is 15.2 Å². The second-order valence-electron chi connectivity index (χ2n) is 7.17. The number of hydrogen-bond acceptors (Lipinski definition) is 6. The number of rotatable bonds is 6. The molecule has 1 saturated carbocycles. The molecule has 1 aliphatic heterocycles. The van der Waals surface area contributed by atoms with Gasteiger partial charge in [0.1, 0.15) is 5.75 Å². The minimum Gasteiger partial charge on any atom is -0.496 e. The number of amides is 1. The van der Waals surface area contributed by atoms with Gasteiger partial charge in [0.15, 0.2) is 5.13 Å². The number of methoxy groups -OCH3 is 1. The summed E-state index contributed by atoms with van der Waals surface area (Å²) in [5.74, 6) is 1.01. The first-order chi connectivity index (χ1) is 13.2. The van der Waals surface area contributed by atoms with Crippen molar-refractivity contribution in [3.05, 3.63) is 40.9 Å². The summed E-state index contributed by atoms with van der Waals surface area (Å²) in [6, 6.07) is 8.81. The SMILES string of the molecule is COc1ccccc1C1CNCCN1Cc1csc(N(C(C)=O)C2CC2)n1.Cl. The van der Waals surface area contributed by atoms with Crippen LogP contribution in [-0.4, -0.2) is 48.6 Å². The number of nitrogens with zero attached hydrogens (tertiary/aromatic N) is 3. The highest BCUT2D eigenvalue weighted by atomic mass is 35.5. The maximum atomic E-state index is 12.0. The minimum atomic E-state index is 0. The third-order valence-corrected chi connectivity index (χ3v) is 6.10. The summed E-state index contributed by atoms with van der Waals surface area (Å²) < 4.78 is 5.58. The van der Waals surface area contributed by atoms with Gasteiger partial charge in [-0.15, -0.1) is 23.7 Å². The van der Waals surface area contributed by atoms with Gasteiger partial charge in [-0.05, 0) is 18.9 Å². The van der Waals surface area contributed by atoms with Crippen molar-refractivity contribution in [2.45, 2.75) is 38.4 Å². The lowest BCUT2D eigenvalue weighted by Gasteiger charge is -2.36. The third kappa shape index (κ3) is 4.49. The van der Waals surface area contributed by atoms with Crippen molar-refractivity contribution in [3.8, 4) is 5.75 Å². The standard InChI is InChI=1S/C20H26N4O2S.ClH/c1-14(25)24(16-7-8-16)20-22-15(13-27-20)12-23-10-9-21-11-18(23)17-5-3-4-6-19(17)26-2;/h3-6,13,16,18,21H,7-12H2,1-2H3;1H. The Kier molecular flexibility index (Phi) is 6.93.